The zero-order chi connectivity index (χ0) is 16.9. The van der Waals surface area contributed by atoms with Gasteiger partial charge in [-0.3, -0.25) is 0 Å². The Balaban J connectivity index is 1.91. The molecule has 0 aliphatic heterocycles. The molecule has 0 spiro atoms. The minimum Gasteiger partial charge on any atom is -0.301 e. The van der Waals surface area contributed by atoms with Crippen molar-refractivity contribution in [2.75, 3.05) is 33.4 Å². The van der Waals surface area contributed by atoms with E-state index in [9.17, 15) is 8.42 Å². The first-order valence-electron chi connectivity index (χ1n) is 7.02. The van der Waals surface area contributed by atoms with Crippen LogP contribution in [0.25, 0.3) is 11.4 Å². The summed E-state index contributed by atoms with van der Waals surface area (Å²) in [6, 6.07) is 0. The van der Waals surface area contributed by atoms with Crippen LogP contribution in [0.3, 0.4) is 0 Å². The molecule has 0 saturated heterocycles. The minimum absolute atomic E-state index is 0.440. The number of rotatable bonds is 7. The number of hydrogen-bond donors (Lipinski definition) is 0. The molecule has 0 radical (unpaired) electrons. The molecule has 0 aliphatic rings. The van der Waals surface area contributed by atoms with Crippen molar-refractivity contribution in [3.8, 4) is 11.4 Å². The lowest BCUT2D eigenvalue weighted by molar-refractivity contribution is 0.300. The molecule has 0 atom stereocenters. The predicted molar refractivity (Wildman–Crippen MR) is 86.9 cm³/mol. The third kappa shape index (κ3) is 5.31. The van der Waals surface area contributed by atoms with Crippen molar-refractivity contribution < 1.29 is 8.42 Å². The van der Waals surface area contributed by atoms with Crippen molar-refractivity contribution in [1.29, 1.82) is 0 Å². The maximum absolute atomic E-state index is 11.4. The van der Waals surface area contributed by atoms with Crippen LogP contribution in [0.2, 0.25) is 0 Å². The Morgan fingerprint density at radius 2 is 1.61 bits per heavy atom. The van der Waals surface area contributed by atoms with Crippen LogP contribution in [0.1, 0.15) is 5.56 Å². The lowest BCUT2D eigenvalue weighted by atomic mass is 10.3. The Kier molecular flexibility index (Phi) is 5.69. The van der Waals surface area contributed by atoms with E-state index in [0.29, 0.717) is 25.5 Å². The molecule has 0 N–H and O–H groups in total. The third-order valence-electron chi connectivity index (χ3n) is 3.34. The molecule has 9 heteroatoms. The molecule has 2 heterocycles. The highest BCUT2D eigenvalue weighted by atomic mass is 32.2. The van der Waals surface area contributed by atoms with E-state index in [-0.39, 0.29) is 0 Å². The average Bonchev–Trinajstić information content (AvgIpc) is 2.53. The van der Waals surface area contributed by atoms with E-state index in [4.69, 9.17) is 0 Å². The molecule has 0 bridgehead atoms. The quantitative estimate of drug-likeness (QED) is 0.716. The zero-order valence-corrected chi connectivity index (χ0v) is 14.2. The molecule has 8 nitrogen and oxygen atoms in total. The summed E-state index contributed by atoms with van der Waals surface area (Å²) in [5.41, 5.74) is 1.72. The Bertz CT molecular complexity index is 721. The summed E-state index contributed by atoms with van der Waals surface area (Å²) in [6.07, 6.45) is 9.50. The fraction of sp³-hybridized carbons (Fsp3) is 0.429. The van der Waals surface area contributed by atoms with Gasteiger partial charge in [0.2, 0.25) is 10.0 Å². The lowest BCUT2D eigenvalue weighted by Gasteiger charge is -2.20. The second kappa shape index (κ2) is 7.53. The van der Waals surface area contributed by atoms with Gasteiger partial charge in [-0.2, -0.15) is 0 Å². The summed E-state index contributed by atoms with van der Waals surface area (Å²) >= 11 is 0. The first kappa shape index (κ1) is 17.4. The Morgan fingerprint density at radius 3 is 2.17 bits per heavy atom. The van der Waals surface area contributed by atoms with Crippen LogP contribution in [0.4, 0.5) is 0 Å². The van der Waals surface area contributed by atoms with Gasteiger partial charge in [0.05, 0.1) is 11.8 Å². The molecule has 0 aromatic carbocycles. The van der Waals surface area contributed by atoms with Crippen molar-refractivity contribution in [3.63, 3.8) is 0 Å². The molecule has 0 aliphatic carbocycles. The van der Waals surface area contributed by atoms with Crippen LogP contribution in [0, 0.1) is 0 Å². The van der Waals surface area contributed by atoms with Gasteiger partial charge < -0.3 is 4.90 Å². The minimum atomic E-state index is -3.14. The smallest absolute Gasteiger partial charge is 0.210 e. The summed E-state index contributed by atoms with van der Waals surface area (Å²) < 4.78 is 24.0. The summed E-state index contributed by atoms with van der Waals surface area (Å²) in [5, 5.41) is 0. The molecule has 0 amide bonds. The van der Waals surface area contributed by atoms with Gasteiger partial charge in [-0.15, -0.1) is 0 Å². The topological polar surface area (TPSA) is 92.2 Å². The van der Waals surface area contributed by atoms with Crippen molar-refractivity contribution in [1.82, 2.24) is 29.1 Å². The highest BCUT2D eigenvalue weighted by Gasteiger charge is 2.11. The van der Waals surface area contributed by atoms with Crippen molar-refractivity contribution >= 4 is 10.0 Å². The maximum atomic E-state index is 11.4. The molecule has 2 aromatic heterocycles. The molecule has 2 aromatic rings. The van der Waals surface area contributed by atoms with Crippen molar-refractivity contribution in [2.45, 2.75) is 6.54 Å². The zero-order valence-electron chi connectivity index (χ0n) is 13.4. The summed E-state index contributed by atoms with van der Waals surface area (Å²) in [7, 11) is 0.361. The SMILES string of the molecule is CN(CCN(C)S(C)(=O)=O)Cc1cnc(-c2cncnc2)nc1. The number of nitrogens with zero attached hydrogens (tertiary/aromatic N) is 6. The Morgan fingerprint density at radius 1 is 1.00 bits per heavy atom. The molecule has 124 valence electrons. The fourth-order valence-corrected chi connectivity index (χ4v) is 2.28. The largest absolute Gasteiger partial charge is 0.301 e. The maximum Gasteiger partial charge on any atom is 0.210 e. The first-order valence-corrected chi connectivity index (χ1v) is 8.87. The fourth-order valence-electron chi connectivity index (χ4n) is 1.87. The average molecular weight is 336 g/mol. The van der Waals surface area contributed by atoms with E-state index in [0.717, 1.165) is 11.1 Å². The number of sulfonamides is 1. The van der Waals surface area contributed by atoms with Crippen molar-refractivity contribution in [2.24, 2.45) is 0 Å². The monoisotopic (exact) mass is 336 g/mol. The van der Waals surface area contributed by atoms with Crippen LogP contribution in [-0.2, 0) is 16.6 Å². The van der Waals surface area contributed by atoms with Gasteiger partial charge in [0.1, 0.15) is 6.33 Å². The summed E-state index contributed by atoms with van der Waals surface area (Å²) in [4.78, 5) is 18.5. The highest BCUT2D eigenvalue weighted by Crippen LogP contribution is 2.11. The number of hydrogen-bond acceptors (Lipinski definition) is 7. The van der Waals surface area contributed by atoms with Gasteiger partial charge in [-0.05, 0) is 7.05 Å². The van der Waals surface area contributed by atoms with E-state index in [1.54, 1.807) is 31.8 Å². The van der Waals surface area contributed by atoms with Gasteiger partial charge >= 0.3 is 0 Å². The van der Waals surface area contributed by atoms with Crippen LogP contribution in [-0.4, -0.2) is 71.0 Å². The number of likely N-dealkylation sites (N-methyl/N-ethyl adjacent to an activating group) is 2. The lowest BCUT2D eigenvalue weighted by Crippen LogP contribution is -2.33. The number of aromatic nitrogens is 4. The molecular formula is C14H20N6O2S. The van der Waals surface area contributed by atoms with Crippen LogP contribution in [0.5, 0.6) is 0 Å². The Hall–Kier alpha value is -1.97. The first-order chi connectivity index (χ1) is 10.9. The predicted octanol–water partition coefficient (Wildman–Crippen LogP) is 0.257. The standard InChI is InChI=1S/C14H20N6O2S/c1-19(4-5-20(2)23(3,21)22)10-12-6-17-14(18-7-12)13-8-15-11-16-9-13/h6-9,11H,4-5,10H2,1-3H3. The van der Waals surface area contributed by atoms with E-state index in [1.165, 1.54) is 16.9 Å². The van der Waals surface area contributed by atoms with Gasteiger partial charge in [-0.25, -0.2) is 32.7 Å². The molecule has 0 fully saturated rings. The molecule has 0 unspecified atom stereocenters. The van der Waals surface area contributed by atoms with Crippen LogP contribution >= 0.6 is 0 Å². The third-order valence-corrected chi connectivity index (χ3v) is 4.65. The summed E-state index contributed by atoms with van der Waals surface area (Å²) in [6.45, 7) is 1.71. The molecular weight excluding hydrogens is 316 g/mol. The second-order valence-electron chi connectivity index (χ2n) is 5.36. The Labute approximate surface area is 136 Å². The summed E-state index contributed by atoms with van der Waals surface area (Å²) in [5.74, 6) is 0.578. The van der Waals surface area contributed by atoms with E-state index >= 15 is 0 Å². The van der Waals surface area contributed by atoms with Gasteiger partial charge in [0.25, 0.3) is 0 Å². The van der Waals surface area contributed by atoms with E-state index < -0.39 is 10.0 Å². The van der Waals surface area contributed by atoms with E-state index in [1.807, 2.05) is 11.9 Å². The highest BCUT2D eigenvalue weighted by molar-refractivity contribution is 7.88. The normalized spacial score (nSPS) is 12.0. The van der Waals surface area contributed by atoms with E-state index in [2.05, 4.69) is 19.9 Å². The van der Waals surface area contributed by atoms with Gasteiger partial charge in [0.15, 0.2) is 5.82 Å². The molecule has 0 saturated carbocycles. The molecule has 23 heavy (non-hydrogen) atoms. The van der Waals surface area contributed by atoms with Gasteiger partial charge in [0, 0.05) is 57.0 Å². The van der Waals surface area contributed by atoms with Crippen molar-refractivity contribution in [3.05, 3.63) is 36.7 Å². The molecule has 2 rings (SSSR count). The van der Waals surface area contributed by atoms with Crippen LogP contribution < -0.4 is 0 Å². The van der Waals surface area contributed by atoms with Crippen LogP contribution in [0.15, 0.2) is 31.1 Å². The van der Waals surface area contributed by atoms with Gasteiger partial charge in [-0.1, -0.05) is 0 Å². The second-order valence-corrected chi connectivity index (χ2v) is 7.45.